The minimum absolute atomic E-state index is 0.102. The number of ether oxygens (including phenoxy) is 1. The second kappa shape index (κ2) is 13.1. The first-order valence-corrected chi connectivity index (χ1v) is 17.6. The fourth-order valence-electron chi connectivity index (χ4n) is 7.22. The van der Waals surface area contributed by atoms with Gasteiger partial charge in [0.25, 0.3) is 11.8 Å². The number of nitrogens with one attached hydrogen (secondary N) is 1. The molecule has 2 fully saturated rings. The molecule has 8 rings (SSSR count). The van der Waals surface area contributed by atoms with E-state index in [9.17, 15) is 14.4 Å². The van der Waals surface area contributed by atoms with Crippen molar-refractivity contribution in [1.29, 1.82) is 0 Å². The Hall–Kier alpha value is -5.12. The van der Waals surface area contributed by atoms with Gasteiger partial charge < -0.3 is 19.9 Å². The van der Waals surface area contributed by atoms with E-state index in [2.05, 4.69) is 15.2 Å². The summed E-state index contributed by atoms with van der Waals surface area (Å²) in [6, 6.07) is 30.4. The van der Waals surface area contributed by atoms with Crippen molar-refractivity contribution in [2.24, 2.45) is 5.41 Å². The van der Waals surface area contributed by atoms with Crippen LogP contribution in [0.4, 0.5) is 17.2 Å². The molecule has 246 valence electrons. The highest BCUT2D eigenvalue weighted by atomic mass is 32.1. The number of benzene rings is 3. The average Bonchev–Trinajstić information content (AvgIpc) is 3.49. The maximum atomic E-state index is 14.0. The smallest absolute Gasteiger partial charge is 0.259 e. The monoisotopic (exact) mass is 668 g/mol. The fourth-order valence-corrected chi connectivity index (χ4v) is 8.41. The molecule has 1 N–H and O–H groups in total. The molecule has 49 heavy (non-hydrogen) atoms. The van der Waals surface area contributed by atoms with E-state index >= 15 is 0 Å². The lowest BCUT2D eigenvalue weighted by Gasteiger charge is -2.53. The number of amides is 2. The molecule has 5 aromatic rings. The third-order valence-electron chi connectivity index (χ3n) is 9.91. The van der Waals surface area contributed by atoms with Crippen molar-refractivity contribution in [3.63, 3.8) is 0 Å². The molecule has 2 aromatic heterocycles. The molecule has 2 saturated heterocycles. The zero-order chi connectivity index (χ0) is 33.4. The molecule has 2 amide bonds. The van der Waals surface area contributed by atoms with Crippen molar-refractivity contribution in [3.05, 3.63) is 130 Å². The molecule has 0 atom stereocenters. The Morgan fingerprint density at radius 2 is 1.63 bits per heavy atom. The van der Waals surface area contributed by atoms with Crippen LogP contribution in [0.5, 0.6) is 0 Å². The number of anilines is 3. The minimum atomic E-state index is -0.232. The summed E-state index contributed by atoms with van der Waals surface area (Å²) >= 11 is 1.51. The molecule has 5 heterocycles. The molecule has 8 nitrogen and oxygen atoms in total. The molecule has 3 aromatic carbocycles. The summed E-state index contributed by atoms with van der Waals surface area (Å²) in [5.74, 6) is 0.454. The van der Waals surface area contributed by atoms with Crippen LogP contribution in [-0.2, 0) is 17.6 Å². The van der Waals surface area contributed by atoms with E-state index in [1.165, 1.54) is 11.3 Å². The van der Waals surface area contributed by atoms with E-state index in [1.54, 1.807) is 36.5 Å². The Bertz CT molecular complexity index is 2030. The largest absolute Gasteiger partial charge is 0.381 e. The number of rotatable bonds is 7. The van der Waals surface area contributed by atoms with Gasteiger partial charge in [-0.25, -0.2) is 4.98 Å². The van der Waals surface area contributed by atoms with Gasteiger partial charge in [0.15, 0.2) is 5.78 Å². The van der Waals surface area contributed by atoms with Crippen molar-refractivity contribution < 1.29 is 19.1 Å². The van der Waals surface area contributed by atoms with Crippen LogP contribution >= 0.6 is 11.3 Å². The van der Waals surface area contributed by atoms with Crippen LogP contribution in [0.1, 0.15) is 54.4 Å². The van der Waals surface area contributed by atoms with Crippen molar-refractivity contribution in [1.82, 2.24) is 4.98 Å². The number of pyridine rings is 1. The summed E-state index contributed by atoms with van der Waals surface area (Å²) in [5.41, 5.74) is 5.78. The van der Waals surface area contributed by atoms with Crippen molar-refractivity contribution >= 4 is 46.1 Å². The fraction of sp³-hybridized carbons (Fsp3) is 0.250. The predicted octanol–water partition coefficient (Wildman–Crippen LogP) is 7.31. The number of hydrogen-bond donors (Lipinski definition) is 1. The molecule has 1 spiro atoms. The first-order valence-electron chi connectivity index (χ1n) is 16.8. The third kappa shape index (κ3) is 6.16. The van der Waals surface area contributed by atoms with Gasteiger partial charge >= 0.3 is 0 Å². The van der Waals surface area contributed by atoms with Crippen LogP contribution < -0.4 is 15.1 Å². The number of fused-ring (bicyclic) bond motifs is 3. The third-order valence-corrected chi connectivity index (χ3v) is 11.2. The standard InChI is InChI=1S/C40H36N4O4S/c45-34(23-27-7-2-1-3-8-27)35-24-29-16-20-44(33-11-5-4-9-31(33)36(29)49-35)39(47)28-12-14-30(15-13-28)42-38(46)32-10-6-19-41-37(32)43-25-40(26-43)17-21-48-22-18-40/h1-15,19,24H,16-18,20-23,25-26H2,(H,42,46). The quantitative estimate of drug-likeness (QED) is 0.183. The van der Waals surface area contributed by atoms with Gasteiger partial charge in [0.05, 0.1) is 16.1 Å². The topological polar surface area (TPSA) is 91.8 Å². The van der Waals surface area contributed by atoms with Crippen LogP contribution in [0.3, 0.4) is 0 Å². The number of carbonyl (C=O) groups is 3. The van der Waals surface area contributed by atoms with Crippen molar-refractivity contribution in [2.45, 2.75) is 25.7 Å². The Kier molecular flexibility index (Phi) is 8.31. The lowest BCUT2D eigenvalue weighted by Crippen LogP contribution is -2.59. The van der Waals surface area contributed by atoms with E-state index in [-0.39, 0.29) is 23.0 Å². The van der Waals surface area contributed by atoms with Gasteiger partial charge in [-0.15, -0.1) is 11.3 Å². The number of para-hydroxylation sites is 1. The molecule has 0 unspecified atom stereocenters. The number of nitrogens with zero attached hydrogens (tertiary/aromatic N) is 3. The summed E-state index contributed by atoms with van der Waals surface area (Å²) in [7, 11) is 0. The van der Waals surface area contributed by atoms with Gasteiger partial charge in [-0.05, 0) is 78.9 Å². The highest BCUT2D eigenvalue weighted by molar-refractivity contribution is 7.17. The first-order chi connectivity index (χ1) is 24.0. The van der Waals surface area contributed by atoms with Gasteiger partial charge in [0, 0.05) is 72.6 Å². The van der Waals surface area contributed by atoms with Gasteiger partial charge in [0.1, 0.15) is 5.82 Å². The Morgan fingerprint density at radius 3 is 2.43 bits per heavy atom. The van der Waals surface area contributed by atoms with E-state index in [4.69, 9.17) is 4.74 Å². The highest BCUT2D eigenvalue weighted by Crippen LogP contribution is 2.43. The molecule has 0 bridgehead atoms. The number of thiophene rings is 1. The summed E-state index contributed by atoms with van der Waals surface area (Å²) in [6.07, 6.45) is 4.81. The van der Waals surface area contributed by atoms with E-state index in [0.717, 1.165) is 71.3 Å². The molecule has 3 aliphatic heterocycles. The van der Waals surface area contributed by atoms with E-state index in [1.807, 2.05) is 71.6 Å². The summed E-state index contributed by atoms with van der Waals surface area (Å²) < 4.78 is 5.55. The molecular formula is C40H36N4O4S. The summed E-state index contributed by atoms with van der Waals surface area (Å²) in [5, 5.41) is 3.01. The predicted molar refractivity (Wildman–Crippen MR) is 193 cm³/mol. The zero-order valence-electron chi connectivity index (χ0n) is 27.1. The molecular weight excluding hydrogens is 633 g/mol. The van der Waals surface area contributed by atoms with Gasteiger partial charge in [0.2, 0.25) is 0 Å². The van der Waals surface area contributed by atoms with Crippen LogP contribution in [0.25, 0.3) is 10.4 Å². The Morgan fingerprint density at radius 1 is 0.878 bits per heavy atom. The number of aromatic nitrogens is 1. The lowest BCUT2D eigenvalue weighted by molar-refractivity contribution is -0.000510. The SMILES string of the molecule is O=C(Cc1ccccc1)c1cc2c(s1)-c1ccccc1N(C(=O)c1ccc(NC(=O)c3cccnc3N3CC4(CCOCC4)C3)cc1)CC2. The maximum absolute atomic E-state index is 14.0. The number of carbonyl (C=O) groups excluding carboxylic acids is 3. The van der Waals surface area contributed by atoms with E-state index in [0.29, 0.717) is 42.0 Å². The molecule has 0 aliphatic carbocycles. The van der Waals surface area contributed by atoms with Gasteiger partial charge in [-0.2, -0.15) is 0 Å². The Balaban J connectivity index is 0.965. The van der Waals surface area contributed by atoms with Crippen LogP contribution in [0.2, 0.25) is 0 Å². The number of hydrogen-bond acceptors (Lipinski definition) is 7. The van der Waals surface area contributed by atoms with Gasteiger partial charge in [-0.3, -0.25) is 14.4 Å². The minimum Gasteiger partial charge on any atom is -0.381 e. The van der Waals surface area contributed by atoms with E-state index < -0.39 is 0 Å². The van der Waals surface area contributed by atoms with Gasteiger partial charge in [-0.1, -0.05) is 48.5 Å². The molecule has 0 radical (unpaired) electrons. The average molecular weight is 669 g/mol. The maximum Gasteiger partial charge on any atom is 0.259 e. The Labute approximate surface area is 289 Å². The van der Waals surface area contributed by atoms with Crippen LogP contribution in [0.15, 0.2) is 103 Å². The van der Waals surface area contributed by atoms with Crippen molar-refractivity contribution in [3.8, 4) is 10.4 Å². The zero-order valence-corrected chi connectivity index (χ0v) is 27.9. The second-order valence-corrected chi connectivity index (χ2v) is 14.2. The van der Waals surface area contributed by atoms with Crippen LogP contribution in [-0.4, -0.2) is 55.4 Å². The lowest BCUT2D eigenvalue weighted by atomic mass is 9.73. The first kappa shape index (κ1) is 31.2. The van der Waals surface area contributed by atoms with Crippen LogP contribution in [0, 0.1) is 5.41 Å². The molecule has 3 aliphatic rings. The second-order valence-electron chi connectivity index (χ2n) is 13.1. The highest BCUT2D eigenvalue weighted by Gasteiger charge is 2.45. The molecule has 9 heteroatoms. The number of Topliss-reactive ketones (excluding diaryl/α,β-unsaturated/α-hetero) is 1. The summed E-state index contributed by atoms with van der Waals surface area (Å²) in [6.45, 7) is 3.83. The number of ketones is 1. The normalized spacial score (nSPS) is 16.2. The molecule has 0 saturated carbocycles. The van der Waals surface area contributed by atoms with Crippen molar-refractivity contribution in [2.75, 3.05) is 48.0 Å². The summed E-state index contributed by atoms with van der Waals surface area (Å²) in [4.78, 5) is 51.0.